The highest BCUT2D eigenvalue weighted by molar-refractivity contribution is 8.11. The number of halogens is 1. The molecule has 0 radical (unpaired) electrons. The van der Waals surface area contributed by atoms with Crippen LogP contribution in [0.1, 0.15) is 0 Å². The van der Waals surface area contributed by atoms with Gasteiger partial charge in [-0.3, -0.25) is 0 Å². The van der Waals surface area contributed by atoms with Crippen molar-refractivity contribution in [2.24, 2.45) is 0 Å². The Bertz CT molecular complexity index is 516. The molecule has 17 heavy (non-hydrogen) atoms. The van der Waals surface area contributed by atoms with Crippen LogP contribution in [0.5, 0.6) is 0 Å². The first kappa shape index (κ1) is 14.0. The van der Waals surface area contributed by atoms with Crippen LogP contribution in [0.4, 0.5) is 0 Å². The lowest BCUT2D eigenvalue weighted by atomic mass is 10.1. The quantitative estimate of drug-likeness (QED) is 0.748. The van der Waals surface area contributed by atoms with Crippen LogP contribution in [0, 0.1) is 0 Å². The highest BCUT2D eigenvalue weighted by Gasteiger charge is 2.04. The van der Waals surface area contributed by atoms with Crippen molar-refractivity contribution >= 4 is 30.7 Å². The van der Waals surface area contributed by atoms with Gasteiger partial charge in [0.1, 0.15) is 0 Å². The zero-order valence-electron chi connectivity index (χ0n) is 9.67. The molecule has 0 spiro atoms. The highest BCUT2D eigenvalue weighted by Crippen LogP contribution is 2.11. The Balaban J connectivity index is 0.000000185. The molecule has 0 unspecified atom stereocenters. The molecule has 0 saturated carbocycles. The molecule has 0 N–H and O–H groups in total. The zero-order chi connectivity index (χ0) is 12.9. The third-order valence-electron chi connectivity index (χ3n) is 2.09. The summed E-state index contributed by atoms with van der Waals surface area (Å²) in [4.78, 5) is 0. The summed E-state index contributed by atoms with van der Waals surface area (Å²) in [5, 5.41) is 2.62. The number of hydrogen-bond acceptors (Lipinski definition) is 2. The summed E-state index contributed by atoms with van der Waals surface area (Å²) in [7, 11) is 4.06. The molecule has 0 bridgehead atoms. The maximum absolute atomic E-state index is 10.0. The van der Waals surface area contributed by atoms with Crippen molar-refractivity contribution in [3.05, 3.63) is 48.5 Å². The maximum atomic E-state index is 10.0. The van der Waals surface area contributed by atoms with Gasteiger partial charge in [-0.1, -0.05) is 48.5 Å². The number of rotatable bonds is 1. The minimum absolute atomic E-state index is 0.925. The fourth-order valence-electron chi connectivity index (χ4n) is 1.13. The van der Waals surface area contributed by atoms with Crippen molar-refractivity contribution in [2.75, 3.05) is 14.1 Å². The normalized spacial score (nSPS) is 11.1. The first-order valence-electron chi connectivity index (χ1n) is 4.97. The third-order valence-corrected chi connectivity index (χ3v) is 3.80. The van der Waals surface area contributed by atoms with E-state index in [9.17, 15) is 8.42 Å². The Kier molecular flexibility index (Phi) is 4.93. The van der Waals surface area contributed by atoms with E-state index >= 15 is 0 Å². The summed E-state index contributed by atoms with van der Waals surface area (Å²) in [5.74, 6) is 0. The summed E-state index contributed by atoms with van der Waals surface area (Å²) >= 11 is 0. The third kappa shape index (κ3) is 4.73. The standard InChI is InChI=1S/C10H8.C2H6ClNO2S/c1-2-6-10-8-4-3-7-9(10)5-1;1-4(2)7(3,5)6/h1-8H;1-2H3. The number of hydrogen-bond donors (Lipinski definition) is 0. The van der Waals surface area contributed by atoms with E-state index in [4.69, 9.17) is 10.7 Å². The molecule has 2 rings (SSSR count). The molecule has 0 aliphatic heterocycles. The Labute approximate surface area is 106 Å². The van der Waals surface area contributed by atoms with Gasteiger partial charge in [-0.05, 0) is 10.8 Å². The van der Waals surface area contributed by atoms with E-state index in [0.717, 1.165) is 4.31 Å². The molecule has 92 valence electrons. The molecule has 0 atom stereocenters. The minimum Gasteiger partial charge on any atom is -0.195 e. The summed E-state index contributed by atoms with van der Waals surface area (Å²) in [6.07, 6.45) is 0. The molecule has 2 aromatic carbocycles. The molecule has 0 amide bonds. The molecular weight excluding hydrogens is 258 g/mol. The van der Waals surface area contributed by atoms with E-state index in [1.54, 1.807) is 0 Å². The largest absolute Gasteiger partial charge is 0.299 e. The van der Waals surface area contributed by atoms with Gasteiger partial charge in [0, 0.05) is 24.8 Å². The second-order valence-electron chi connectivity index (χ2n) is 3.57. The van der Waals surface area contributed by atoms with Gasteiger partial charge in [-0.2, -0.15) is 12.7 Å². The summed E-state index contributed by atoms with van der Waals surface area (Å²) in [5.41, 5.74) is 0. The Morgan fingerprint density at radius 1 is 0.882 bits per heavy atom. The van der Waals surface area contributed by atoms with Gasteiger partial charge >= 0.3 is 0 Å². The predicted molar refractivity (Wildman–Crippen MR) is 72.4 cm³/mol. The molecule has 0 heterocycles. The van der Waals surface area contributed by atoms with Crippen LogP contribution >= 0.6 is 10.7 Å². The van der Waals surface area contributed by atoms with Crippen LogP contribution in [0.15, 0.2) is 48.5 Å². The van der Waals surface area contributed by atoms with Gasteiger partial charge in [-0.25, -0.2) is 0 Å². The van der Waals surface area contributed by atoms with Gasteiger partial charge in [0.25, 0.3) is 9.24 Å². The van der Waals surface area contributed by atoms with Crippen LogP contribution in [-0.2, 0) is 9.24 Å². The molecule has 3 nitrogen and oxygen atoms in total. The van der Waals surface area contributed by atoms with E-state index < -0.39 is 9.24 Å². The molecular formula is C12H14ClNO2S. The van der Waals surface area contributed by atoms with Crippen molar-refractivity contribution in [1.82, 2.24) is 4.31 Å². The Morgan fingerprint density at radius 2 is 1.12 bits per heavy atom. The average Bonchev–Trinajstić information content (AvgIpc) is 2.29. The Hall–Kier alpha value is -1.10. The number of nitrogens with zero attached hydrogens (tertiary/aromatic N) is 1. The number of fused-ring (bicyclic) bond motifs is 1. The lowest BCUT2D eigenvalue weighted by Gasteiger charge is -2.00. The van der Waals surface area contributed by atoms with Gasteiger partial charge in [0.2, 0.25) is 0 Å². The van der Waals surface area contributed by atoms with E-state index in [1.165, 1.54) is 24.9 Å². The van der Waals surface area contributed by atoms with Crippen LogP contribution < -0.4 is 0 Å². The molecule has 0 aliphatic carbocycles. The summed E-state index contributed by atoms with van der Waals surface area (Å²) < 4.78 is 21.0. The second-order valence-corrected chi connectivity index (χ2v) is 6.30. The van der Waals surface area contributed by atoms with Gasteiger partial charge in [-0.15, -0.1) is 0 Å². The lowest BCUT2D eigenvalue weighted by molar-refractivity contribution is 0.537. The van der Waals surface area contributed by atoms with Crippen LogP contribution in [0.2, 0.25) is 0 Å². The van der Waals surface area contributed by atoms with Crippen molar-refractivity contribution in [2.45, 2.75) is 0 Å². The van der Waals surface area contributed by atoms with Gasteiger partial charge < -0.3 is 0 Å². The fraction of sp³-hybridized carbons (Fsp3) is 0.167. The molecule has 0 fully saturated rings. The van der Waals surface area contributed by atoms with Crippen molar-refractivity contribution in [1.29, 1.82) is 0 Å². The van der Waals surface area contributed by atoms with E-state index in [1.807, 2.05) is 0 Å². The zero-order valence-corrected chi connectivity index (χ0v) is 11.2. The van der Waals surface area contributed by atoms with E-state index in [0.29, 0.717) is 0 Å². The van der Waals surface area contributed by atoms with Gasteiger partial charge in [0.05, 0.1) is 0 Å². The van der Waals surface area contributed by atoms with Gasteiger partial charge in [0.15, 0.2) is 0 Å². The number of benzene rings is 2. The monoisotopic (exact) mass is 271 g/mol. The fourth-order valence-corrected chi connectivity index (χ4v) is 1.13. The Morgan fingerprint density at radius 3 is 1.29 bits per heavy atom. The molecule has 2 aromatic rings. The molecule has 0 aliphatic rings. The van der Waals surface area contributed by atoms with Crippen molar-refractivity contribution < 1.29 is 8.42 Å². The first-order valence-corrected chi connectivity index (χ1v) is 7.24. The van der Waals surface area contributed by atoms with Crippen LogP contribution in [0.25, 0.3) is 10.8 Å². The predicted octanol–water partition coefficient (Wildman–Crippen LogP) is 2.87. The van der Waals surface area contributed by atoms with E-state index in [2.05, 4.69) is 48.5 Å². The van der Waals surface area contributed by atoms with E-state index in [-0.39, 0.29) is 0 Å². The highest BCUT2D eigenvalue weighted by atomic mass is 35.7. The minimum atomic E-state index is -3.44. The lowest BCUT2D eigenvalue weighted by Crippen LogP contribution is -2.15. The van der Waals surface area contributed by atoms with Crippen LogP contribution in [-0.4, -0.2) is 26.8 Å². The van der Waals surface area contributed by atoms with Crippen molar-refractivity contribution in [3.63, 3.8) is 0 Å². The molecule has 0 saturated heterocycles. The SMILES string of the molecule is CN(C)S(=O)(=O)Cl.c1ccc2ccccc2c1. The average molecular weight is 272 g/mol. The first-order chi connectivity index (χ1) is 7.91. The molecule has 0 aromatic heterocycles. The second kappa shape index (κ2) is 6.00. The van der Waals surface area contributed by atoms with Crippen LogP contribution in [0.3, 0.4) is 0 Å². The van der Waals surface area contributed by atoms with Crippen molar-refractivity contribution in [3.8, 4) is 0 Å². The summed E-state index contributed by atoms with van der Waals surface area (Å²) in [6.45, 7) is 0. The summed E-state index contributed by atoms with van der Waals surface area (Å²) in [6, 6.07) is 16.7. The smallest absolute Gasteiger partial charge is 0.195 e. The topological polar surface area (TPSA) is 37.4 Å². The molecule has 5 heteroatoms. The maximum Gasteiger partial charge on any atom is 0.299 e.